The summed E-state index contributed by atoms with van der Waals surface area (Å²) in [5.41, 5.74) is 5.99. The number of esters is 2. The van der Waals surface area contributed by atoms with Gasteiger partial charge in [-0.1, -0.05) is 66.7 Å². The van der Waals surface area contributed by atoms with E-state index < -0.39 is 0 Å². The maximum absolute atomic E-state index is 12.9. The van der Waals surface area contributed by atoms with Gasteiger partial charge in [0, 0.05) is 17.8 Å². The largest absolute Gasteiger partial charge is 0.462 e. The number of rotatable bonds is 19. The van der Waals surface area contributed by atoms with Gasteiger partial charge in [-0.3, -0.25) is 4.79 Å². The number of carbonyl (C=O) groups excluding carboxylic acids is 2. The van der Waals surface area contributed by atoms with Crippen molar-refractivity contribution in [3.8, 4) is 0 Å². The van der Waals surface area contributed by atoms with Crippen molar-refractivity contribution in [2.75, 3.05) is 82.8 Å². The van der Waals surface area contributed by atoms with E-state index in [2.05, 4.69) is 64.8 Å². The number of hydrogen-bond acceptors (Lipinski definition) is 11. The number of anilines is 2. The Morgan fingerprint density at radius 1 is 0.618 bits per heavy atom. The van der Waals surface area contributed by atoms with E-state index in [1.807, 2.05) is 42.5 Å². The monoisotopic (exact) mass is 741 g/mol. The quantitative estimate of drug-likeness (QED) is 0.0525. The number of para-hydroxylation sites is 1. The molecule has 11 heteroatoms. The van der Waals surface area contributed by atoms with Gasteiger partial charge in [-0.2, -0.15) is 0 Å². The summed E-state index contributed by atoms with van der Waals surface area (Å²) in [7, 11) is 0. The molecule has 11 nitrogen and oxygen atoms in total. The van der Waals surface area contributed by atoms with Crippen molar-refractivity contribution in [2.24, 2.45) is 4.99 Å². The lowest BCUT2D eigenvalue weighted by Crippen LogP contribution is -2.29. The van der Waals surface area contributed by atoms with Gasteiger partial charge < -0.3 is 38.6 Å². The fourth-order valence-electron chi connectivity index (χ4n) is 7.23. The Bertz CT molecular complexity index is 2310. The van der Waals surface area contributed by atoms with Gasteiger partial charge in [0.2, 0.25) is 0 Å². The number of nitrogens with zero attached hydrogens (tertiary/aromatic N) is 2. The maximum atomic E-state index is 12.9. The van der Waals surface area contributed by atoms with Crippen molar-refractivity contribution in [2.45, 2.75) is 13.0 Å². The molecule has 0 saturated carbocycles. The second kappa shape index (κ2) is 17.3. The normalized spacial score (nSPS) is 13.2. The highest BCUT2D eigenvalue weighted by molar-refractivity contribution is 6.26. The van der Waals surface area contributed by atoms with Crippen LogP contribution in [-0.2, 0) is 46.2 Å². The molecule has 0 aromatic heterocycles. The minimum absolute atomic E-state index is 0.0604. The standard InChI is InChI=1S/C44H43N3O8/c48-41(28-45-35-12-15-38-34(26-35)29-47-39-7-2-1-4-33(39)27-40(47)46-38)54-24-22-52-20-18-50-16-17-51-19-21-53-23-25-55-44(49)37-14-11-32-9-8-30-5-3-6-31-10-13-36(37)43(32)42(30)31/h1-15,26,45H,16-25,27-29H2. The zero-order valence-corrected chi connectivity index (χ0v) is 30.6. The van der Waals surface area contributed by atoms with Crippen LogP contribution in [-0.4, -0.2) is 90.4 Å². The summed E-state index contributed by atoms with van der Waals surface area (Å²) >= 11 is 0. The van der Waals surface area contributed by atoms with Gasteiger partial charge in [-0.25, -0.2) is 9.79 Å². The van der Waals surface area contributed by atoms with Crippen LogP contribution < -0.4 is 10.2 Å². The van der Waals surface area contributed by atoms with E-state index in [0.29, 0.717) is 45.2 Å². The fraction of sp³-hybridized carbons (Fsp3) is 0.295. The zero-order chi connectivity index (χ0) is 37.4. The first kappa shape index (κ1) is 36.4. The topological polar surface area (TPSA) is 117 Å². The fourth-order valence-corrected chi connectivity index (χ4v) is 7.23. The van der Waals surface area contributed by atoms with Crippen LogP contribution in [0.25, 0.3) is 32.3 Å². The van der Waals surface area contributed by atoms with Gasteiger partial charge >= 0.3 is 11.9 Å². The minimum Gasteiger partial charge on any atom is -0.462 e. The van der Waals surface area contributed by atoms with Gasteiger partial charge in [0.15, 0.2) is 0 Å². The molecule has 6 aromatic carbocycles. The van der Waals surface area contributed by atoms with Gasteiger partial charge in [-0.15, -0.1) is 0 Å². The first-order valence-corrected chi connectivity index (χ1v) is 18.7. The highest BCUT2D eigenvalue weighted by Crippen LogP contribution is 2.38. The van der Waals surface area contributed by atoms with Crippen molar-refractivity contribution in [3.05, 3.63) is 114 Å². The molecule has 2 aliphatic heterocycles. The summed E-state index contributed by atoms with van der Waals surface area (Å²) in [5, 5.41) is 9.71. The molecule has 0 atom stereocenters. The molecule has 2 aliphatic rings. The molecule has 0 spiro atoms. The van der Waals surface area contributed by atoms with Gasteiger partial charge in [-0.05, 0) is 73.8 Å². The third kappa shape index (κ3) is 8.40. The maximum Gasteiger partial charge on any atom is 0.338 e. The van der Waals surface area contributed by atoms with Crippen molar-refractivity contribution >= 4 is 67.2 Å². The second-order valence-electron chi connectivity index (χ2n) is 13.4. The molecule has 55 heavy (non-hydrogen) atoms. The summed E-state index contributed by atoms with van der Waals surface area (Å²) in [5.74, 6) is 0.358. The van der Waals surface area contributed by atoms with Crippen LogP contribution in [0.4, 0.5) is 17.1 Å². The van der Waals surface area contributed by atoms with E-state index >= 15 is 0 Å². The van der Waals surface area contributed by atoms with Gasteiger partial charge in [0.25, 0.3) is 0 Å². The molecule has 6 aromatic rings. The average Bonchev–Trinajstić information content (AvgIpc) is 3.58. The number of hydrogen-bond donors (Lipinski definition) is 1. The number of ether oxygens (including phenoxy) is 6. The van der Waals surface area contributed by atoms with Crippen LogP contribution >= 0.6 is 0 Å². The number of fused-ring (bicyclic) bond motifs is 4. The Hall–Kier alpha value is -5.59. The number of aliphatic imine (C=N–C) groups is 1. The Kier molecular flexibility index (Phi) is 11.4. The zero-order valence-electron chi connectivity index (χ0n) is 30.6. The lowest BCUT2D eigenvalue weighted by Gasteiger charge is -2.26. The Labute approximate surface area is 319 Å². The van der Waals surface area contributed by atoms with Crippen molar-refractivity contribution in [1.82, 2.24) is 0 Å². The molecule has 0 fully saturated rings. The van der Waals surface area contributed by atoms with E-state index in [9.17, 15) is 9.59 Å². The van der Waals surface area contributed by atoms with Crippen LogP contribution in [0.2, 0.25) is 0 Å². The number of benzene rings is 6. The molecule has 2 heterocycles. The summed E-state index contributed by atoms with van der Waals surface area (Å²) in [4.78, 5) is 32.3. The Balaban J connectivity index is 0.623. The van der Waals surface area contributed by atoms with Crippen LogP contribution in [0.1, 0.15) is 21.5 Å². The molecule has 0 amide bonds. The first-order valence-electron chi connectivity index (χ1n) is 18.7. The molecule has 0 radical (unpaired) electrons. The molecular formula is C44H43N3O8. The third-order valence-electron chi connectivity index (χ3n) is 9.85. The molecule has 8 rings (SSSR count). The van der Waals surface area contributed by atoms with Crippen LogP contribution in [0, 0.1) is 0 Å². The van der Waals surface area contributed by atoms with Gasteiger partial charge in [0.05, 0.1) is 70.7 Å². The lowest BCUT2D eigenvalue weighted by molar-refractivity contribution is -0.143. The average molecular weight is 742 g/mol. The van der Waals surface area contributed by atoms with Crippen LogP contribution in [0.15, 0.2) is 102 Å². The Morgan fingerprint density at radius 3 is 2.00 bits per heavy atom. The highest BCUT2D eigenvalue weighted by atomic mass is 16.6. The summed E-state index contributed by atoms with van der Waals surface area (Å²) in [6, 6.07) is 32.7. The Morgan fingerprint density at radius 2 is 1.25 bits per heavy atom. The van der Waals surface area contributed by atoms with E-state index in [4.69, 9.17) is 33.4 Å². The van der Waals surface area contributed by atoms with E-state index in [1.165, 1.54) is 16.6 Å². The molecule has 0 bridgehead atoms. The molecule has 1 N–H and O–H groups in total. The smallest absolute Gasteiger partial charge is 0.338 e. The molecular weight excluding hydrogens is 698 g/mol. The predicted molar refractivity (Wildman–Crippen MR) is 213 cm³/mol. The first-order chi connectivity index (χ1) is 27.1. The summed E-state index contributed by atoms with van der Waals surface area (Å²) in [6.45, 7) is 4.10. The van der Waals surface area contributed by atoms with Crippen molar-refractivity contribution in [1.29, 1.82) is 0 Å². The van der Waals surface area contributed by atoms with Crippen molar-refractivity contribution < 1.29 is 38.0 Å². The third-order valence-corrected chi connectivity index (χ3v) is 9.85. The highest BCUT2D eigenvalue weighted by Gasteiger charge is 2.29. The van der Waals surface area contributed by atoms with Gasteiger partial charge in [0.1, 0.15) is 25.6 Å². The summed E-state index contributed by atoms with van der Waals surface area (Å²) in [6.07, 6.45) is 0.848. The SMILES string of the molecule is O=C(CNc1ccc2c(c1)CN1C(=N2)Cc2ccccc21)OCCOCCOCCOCCOCCOC(=O)c1ccc2ccc3cccc4ccc1c2c34. The predicted octanol–water partition coefficient (Wildman–Crippen LogP) is 7.07. The number of amidine groups is 1. The molecule has 0 unspecified atom stereocenters. The van der Waals surface area contributed by atoms with E-state index in [0.717, 1.165) is 62.7 Å². The minimum atomic E-state index is -0.363. The molecule has 282 valence electrons. The summed E-state index contributed by atoms with van der Waals surface area (Å²) < 4.78 is 33.0. The van der Waals surface area contributed by atoms with Crippen LogP contribution in [0.5, 0.6) is 0 Å². The molecule has 0 saturated heterocycles. The van der Waals surface area contributed by atoms with Crippen molar-refractivity contribution in [3.63, 3.8) is 0 Å². The molecule has 0 aliphatic carbocycles. The second-order valence-corrected chi connectivity index (χ2v) is 13.4. The van der Waals surface area contributed by atoms with E-state index in [-0.39, 0.29) is 44.9 Å². The number of nitrogens with one attached hydrogen (secondary N) is 1. The number of carbonyl (C=O) groups is 2. The lowest BCUT2D eigenvalue weighted by atomic mass is 9.92. The van der Waals surface area contributed by atoms with Crippen LogP contribution in [0.3, 0.4) is 0 Å². The van der Waals surface area contributed by atoms with E-state index in [1.54, 1.807) is 0 Å².